The molecular formula is C26H42O3. The minimum atomic E-state index is -1.31. The molecule has 4 saturated carbocycles. The summed E-state index contributed by atoms with van der Waals surface area (Å²) in [4.78, 5) is 13.3. The second-order valence-electron chi connectivity index (χ2n) is 11.9. The molecule has 3 heteroatoms. The molecule has 3 nitrogen and oxygen atoms in total. The quantitative estimate of drug-likeness (QED) is 0.642. The third-order valence-corrected chi connectivity index (χ3v) is 10.1. The lowest BCUT2D eigenvalue weighted by Crippen LogP contribution is -2.67. The van der Waals surface area contributed by atoms with Crippen molar-refractivity contribution >= 4 is 5.78 Å². The highest BCUT2D eigenvalue weighted by atomic mass is 16.3. The Hall–Kier alpha value is -0.670. The fraction of sp³-hybridized carbons (Fsp3) is 0.885. The number of ketones is 1. The molecule has 0 aromatic rings. The Bertz CT molecular complexity index is 683. The largest absolute Gasteiger partial charge is 0.393 e. The van der Waals surface area contributed by atoms with Gasteiger partial charge >= 0.3 is 0 Å². The van der Waals surface area contributed by atoms with E-state index in [0.717, 1.165) is 19.3 Å². The normalized spacial score (nSPS) is 51.0. The number of fused-ring (bicyclic) bond motifs is 5. The van der Waals surface area contributed by atoms with Crippen LogP contribution in [0.25, 0.3) is 0 Å². The molecule has 0 spiro atoms. The maximum absolute atomic E-state index is 13.3. The first-order valence-corrected chi connectivity index (χ1v) is 12.1. The number of allylic oxidation sites excluding steroid dienone is 2. The summed E-state index contributed by atoms with van der Waals surface area (Å²) in [5.41, 5.74) is -1.37. The van der Waals surface area contributed by atoms with Gasteiger partial charge in [0, 0.05) is 18.3 Å². The van der Waals surface area contributed by atoms with Gasteiger partial charge in [-0.15, -0.1) is 0 Å². The first kappa shape index (κ1) is 21.6. The Kier molecular flexibility index (Phi) is 5.35. The van der Waals surface area contributed by atoms with Gasteiger partial charge in [-0.25, -0.2) is 0 Å². The Labute approximate surface area is 177 Å². The number of aliphatic hydroxyl groups excluding tert-OH is 1. The zero-order chi connectivity index (χ0) is 21.2. The Balaban J connectivity index is 1.61. The maximum atomic E-state index is 13.3. The molecule has 0 amide bonds. The van der Waals surface area contributed by atoms with Crippen LogP contribution in [0.4, 0.5) is 0 Å². The van der Waals surface area contributed by atoms with Gasteiger partial charge in [-0.1, -0.05) is 46.8 Å². The number of aliphatic hydroxyl groups is 2. The topological polar surface area (TPSA) is 57.5 Å². The number of rotatable bonds is 3. The average Bonchev–Trinajstić information content (AvgIpc) is 3.00. The summed E-state index contributed by atoms with van der Waals surface area (Å²) in [5, 5.41) is 21.7. The smallest absolute Gasteiger partial charge is 0.165 e. The van der Waals surface area contributed by atoms with Crippen LogP contribution in [0, 0.1) is 46.3 Å². The second-order valence-corrected chi connectivity index (χ2v) is 11.9. The molecule has 0 bridgehead atoms. The molecule has 9 atom stereocenters. The van der Waals surface area contributed by atoms with E-state index in [1.165, 1.54) is 19.3 Å². The van der Waals surface area contributed by atoms with Gasteiger partial charge in [-0.2, -0.15) is 0 Å². The summed E-state index contributed by atoms with van der Waals surface area (Å²) in [6.45, 7) is 11.5. The van der Waals surface area contributed by atoms with Gasteiger partial charge in [0.15, 0.2) is 5.78 Å². The molecule has 4 aliphatic rings. The predicted octanol–water partition coefficient (Wildman–Crippen LogP) is 5.15. The van der Waals surface area contributed by atoms with Crippen molar-refractivity contribution < 1.29 is 15.0 Å². The number of carbonyl (C=O) groups excluding carboxylic acids is 1. The van der Waals surface area contributed by atoms with Crippen LogP contribution >= 0.6 is 0 Å². The van der Waals surface area contributed by atoms with E-state index in [1.54, 1.807) is 0 Å². The molecule has 0 aromatic heterocycles. The van der Waals surface area contributed by atoms with Crippen LogP contribution in [0.15, 0.2) is 12.2 Å². The molecule has 4 aliphatic carbocycles. The van der Waals surface area contributed by atoms with Crippen molar-refractivity contribution in [1.29, 1.82) is 0 Å². The van der Waals surface area contributed by atoms with E-state index in [2.05, 4.69) is 46.8 Å². The lowest BCUT2D eigenvalue weighted by molar-refractivity contribution is -0.213. The van der Waals surface area contributed by atoms with E-state index in [4.69, 9.17) is 0 Å². The highest BCUT2D eigenvalue weighted by Gasteiger charge is 2.67. The summed E-state index contributed by atoms with van der Waals surface area (Å²) in [5.74, 6) is 3.30. The highest BCUT2D eigenvalue weighted by Crippen LogP contribution is 2.68. The van der Waals surface area contributed by atoms with Crippen molar-refractivity contribution in [3.05, 3.63) is 12.2 Å². The van der Waals surface area contributed by atoms with Crippen LogP contribution in [-0.4, -0.2) is 27.7 Å². The van der Waals surface area contributed by atoms with E-state index in [9.17, 15) is 15.0 Å². The summed E-state index contributed by atoms with van der Waals surface area (Å²) >= 11 is 0. The van der Waals surface area contributed by atoms with Gasteiger partial charge < -0.3 is 10.2 Å². The lowest BCUT2D eigenvalue weighted by atomic mass is 9.42. The average molecular weight is 403 g/mol. The standard InChI is InChI=1S/C26H42O3/c1-16(2)6-7-17(3)20-8-9-21-19-14-23(28)26(29)15-18(27)10-13-25(26,5)22(19)11-12-24(20,21)4/h6-7,16-22,27,29H,8-15H2,1-5H3/t17-,18+,19+,20-,21+,22+,24-,25-,26+/m1/s1. The SMILES string of the molecule is CC(C)C=C[C@@H](C)[C@H]1CC[C@H]2[C@@H]3CC(=O)[C@@]4(O)C[C@@H](O)CC[C@]4(C)[C@H]3CC[C@]12C. The van der Waals surface area contributed by atoms with Gasteiger partial charge in [0.1, 0.15) is 5.60 Å². The first-order valence-electron chi connectivity index (χ1n) is 12.1. The van der Waals surface area contributed by atoms with Gasteiger partial charge in [-0.3, -0.25) is 4.79 Å². The van der Waals surface area contributed by atoms with E-state index < -0.39 is 11.7 Å². The van der Waals surface area contributed by atoms with Gasteiger partial charge in [-0.05, 0) is 79.4 Å². The Morgan fingerprint density at radius 1 is 1.00 bits per heavy atom. The number of Topliss-reactive ketones (excluding diaryl/α,β-unsaturated/α-hetero) is 1. The molecule has 164 valence electrons. The summed E-state index contributed by atoms with van der Waals surface area (Å²) in [6.07, 6.45) is 11.3. The van der Waals surface area contributed by atoms with E-state index in [0.29, 0.717) is 47.3 Å². The molecular weight excluding hydrogens is 360 g/mol. The van der Waals surface area contributed by atoms with Gasteiger partial charge in [0.2, 0.25) is 0 Å². The monoisotopic (exact) mass is 402 g/mol. The van der Waals surface area contributed by atoms with Crippen LogP contribution in [0.2, 0.25) is 0 Å². The fourth-order valence-corrected chi connectivity index (χ4v) is 8.46. The van der Waals surface area contributed by atoms with Crippen LogP contribution in [-0.2, 0) is 4.79 Å². The zero-order valence-corrected chi connectivity index (χ0v) is 19.2. The predicted molar refractivity (Wildman–Crippen MR) is 116 cm³/mol. The minimum absolute atomic E-state index is 0.0143. The van der Waals surface area contributed by atoms with Crippen LogP contribution in [0.1, 0.15) is 86.0 Å². The first-order chi connectivity index (χ1) is 13.5. The highest BCUT2D eigenvalue weighted by molar-refractivity contribution is 5.89. The maximum Gasteiger partial charge on any atom is 0.165 e. The minimum Gasteiger partial charge on any atom is -0.393 e. The second kappa shape index (κ2) is 7.19. The zero-order valence-electron chi connectivity index (χ0n) is 19.2. The molecule has 0 aromatic carbocycles. The Morgan fingerprint density at radius 3 is 2.41 bits per heavy atom. The van der Waals surface area contributed by atoms with Crippen molar-refractivity contribution in [2.45, 2.75) is 97.7 Å². The number of hydrogen-bond donors (Lipinski definition) is 2. The Morgan fingerprint density at radius 2 is 1.72 bits per heavy atom. The van der Waals surface area contributed by atoms with Crippen molar-refractivity contribution in [2.24, 2.45) is 46.3 Å². The van der Waals surface area contributed by atoms with Crippen molar-refractivity contribution in [3.8, 4) is 0 Å². The van der Waals surface area contributed by atoms with Crippen molar-refractivity contribution in [3.63, 3.8) is 0 Å². The third kappa shape index (κ3) is 3.09. The van der Waals surface area contributed by atoms with Crippen molar-refractivity contribution in [2.75, 3.05) is 0 Å². The summed E-state index contributed by atoms with van der Waals surface area (Å²) in [6, 6.07) is 0. The molecule has 2 N–H and O–H groups in total. The van der Waals surface area contributed by atoms with Crippen LogP contribution in [0.3, 0.4) is 0 Å². The molecule has 0 aliphatic heterocycles. The van der Waals surface area contributed by atoms with Crippen molar-refractivity contribution in [1.82, 2.24) is 0 Å². The van der Waals surface area contributed by atoms with Gasteiger partial charge in [0.05, 0.1) is 6.10 Å². The molecule has 0 saturated heterocycles. The molecule has 29 heavy (non-hydrogen) atoms. The van der Waals surface area contributed by atoms with E-state index in [-0.39, 0.29) is 17.6 Å². The molecule has 0 radical (unpaired) electrons. The number of carbonyl (C=O) groups is 1. The third-order valence-electron chi connectivity index (χ3n) is 10.1. The molecule has 0 heterocycles. The van der Waals surface area contributed by atoms with Gasteiger partial charge in [0.25, 0.3) is 0 Å². The molecule has 4 fully saturated rings. The summed E-state index contributed by atoms with van der Waals surface area (Å²) < 4.78 is 0. The lowest BCUT2D eigenvalue weighted by Gasteiger charge is -2.63. The molecule has 0 unspecified atom stereocenters. The van der Waals surface area contributed by atoms with Crippen LogP contribution < -0.4 is 0 Å². The summed E-state index contributed by atoms with van der Waals surface area (Å²) in [7, 11) is 0. The number of hydrogen-bond acceptors (Lipinski definition) is 3. The van der Waals surface area contributed by atoms with E-state index in [1.807, 2.05) is 0 Å². The van der Waals surface area contributed by atoms with E-state index >= 15 is 0 Å². The van der Waals surface area contributed by atoms with Crippen LogP contribution in [0.5, 0.6) is 0 Å². The molecule has 4 rings (SSSR count). The fourth-order valence-electron chi connectivity index (χ4n) is 8.46.